The molecule has 1 aliphatic heterocycles. The van der Waals surface area contributed by atoms with Gasteiger partial charge in [-0.15, -0.1) is 0 Å². The summed E-state index contributed by atoms with van der Waals surface area (Å²) < 4.78 is 53.2. The van der Waals surface area contributed by atoms with Crippen LogP contribution in [0.2, 0.25) is 5.02 Å². The van der Waals surface area contributed by atoms with Crippen molar-refractivity contribution in [2.24, 2.45) is 0 Å². The molecule has 2 aromatic rings. The Hall–Kier alpha value is -1.98. The van der Waals surface area contributed by atoms with Gasteiger partial charge in [0.1, 0.15) is 0 Å². The summed E-state index contributed by atoms with van der Waals surface area (Å²) in [6, 6.07) is 12.3. The molecule has 3 rings (SSSR count). The van der Waals surface area contributed by atoms with E-state index < -0.39 is 20.0 Å². The first-order valence-corrected chi connectivity index (χ1v) is 12.8. The number of carbonyl (C=O) groups is 1. The van der Waals surface area contributed by atoms with Gasteiger partial charge in [-0.1, -0.05) is 29.3 Å². The number of likely N-dealkylation sites (N-methyl/N-ethyl adjacent to an activating group) is 1. The minimum absolute atomic E-state index is 0.118. The zero-order valence-corrected chi connectivity index (χ0v) is 19.6. The van der Waals surface area contributed by atoms with E-state index in [0.717, 1.165) is 9.87 Å². The molecule has 1 saturated heterocycles. The van der Waals surface area contributed by atoms with Crippen LogP contribution >= 0.6 is 11.6 Å². The van der Waals surface area contributed by atoms with Crippen LogP contribution in [0.3, 0.4) is 0 Å². The maximum Gasteiger partial charge on any atom is 0.243 e. The van der Waals surface area contributed by atoms with Crippen LogP contribution in [0.4, 0.5) is 0 Å². The summed E-state index contributed by atoms with van der Waals surface area (Å²) in [6.07, 6.45) is 0. The Bertz CT molecular complexity index is 1140. The first kappa shape index (κ1) is 23.7. The van der Waals surface area contributed by atoms with Gasteiger partial charge in [0.2, 0.25) is 26.0 Å². The zero-order valence-electron chi connectivity index (χ0n) is 17.2. The van der Waals surface area contributed by atoms with Gasteiger partial charge in [-0.3, -0.25) is 4.79 Å². The van der Waals surface area contributed by atoms with Gasteiger partial charge in [0.05, 0.1) is 16.3 Å². The van der Waals surface area contributed by atoms with Crippen LogP contribution in [0.15, 0.2) is 58.3 Å². The quantitative estimate of drug-likeness (QED) is 0.621. The molecule has 1 fully saturated rings. The molecule has 1 heterocycles. The Morgan fingerprint density at radius 1 is 0.903 bits per heavy atom. The van der Waals surface area contributed by atoms with E-state index in [0.29, 0.717) is 5.02 Å². The van der Waals surface area contributed by atoms with E-state index in [1.165, 1.54) is 52.7 Å². The number of hydrogen-bond donors (Lipinski definition) is 0. The van der Waals surface area contributed by atoms with E-state index in [1.807, 2.05) is 6.92 Å². The van der Waals surface area contributed by atoms with Crippen LogP contribution in [0.1, 0.15) is 5.56 Å². The van der Waals surface area contributed by atoms with Crippen LogP contribution < -0.4 is 0 Å². The maximum absolute atomic E-state index is 12.8. The SMILES string of the molecule is Cc1ccc(S(=O)(=O)N(C)CC(=O)N2CCN(S(=O)(=O)c3ccc(Cl)cc3)CC2)cc1. The Labute approximate surface area is 188 Å². The molecule has 1 amide bonds. The molecule has 0 aromatic heterocycles. The van der Waals surface area contributed by atoms with Gasteiger partial charge in [-0.25, -0.2) is 16.8 Å². The number of halogens is 1. The second-order valence-electron chi connectivity index (χ2n) is 7.31. The third-order valence-corrected chi connectivity index (χ3v) is 9.11. The fourth-order valence-corrected chi connectivity index (χ4v) is 5.87. The van der Waals surface area contributed by atoms with Crippen LogP contribution in [-0.4, -0.2) is 76.0 Å². The van der Waals surface area contributed by atoms with E-state index in [2.05, 4.69) is 0 Å². The fraction of sp³-hybridized carbons (Fsp3) is 0.350. The van der Waals surface area contributed by atoms with Crippen molar-refractivity contribution in [2.45, 2.75) is 16.7 Å². The highest BCUT2D eigenvalue weighted by atomic mass is 35.5. The summed E-state index contributed by atoms with van der Waals surface area (Å²) in [6.45, 7) is 2.17. The van der Waals surface area contributed by atoms with Gasteiger partial charge in [-0.2, -0.15) is 8.61 Å². The molecule has 0 spiro atoms. The first-order chi connectivity index (χ1) is 14.5. The predicted octanol–water partition coefficient (Wildman–Crippen LogP) is 1.80. The molecular weight excluding hydrogens is 462 g/mol. The second kappa shape index (κ2) is 9.25. The average molecular weight is 486 g/mol. The Morgan fingerprint density at radius 3 is 1.97 bits per heavy atom. The van der Waals surface area contributed by atoms with Crippen LogP contribution in [-0.2, 0) is 24.8 Å². The smallest absolute Gasteiger partial charge is 0.243 e. The summed E-state index contributed by atoms with van der Waals surface area (Å²) in [5, 5.41) is 0.444. The van der Waals surface area contributed by atoms with Crippen LogP contribution in [0.25, 0.3) is 0 Å². The van der Waals surface area contributed by atoms with Crippen molar-refractivity contribution in [1.29, 1.82) is 0 Å². The number of benzene rings is 2. The van der Waals surface area contributed by atoms with Crippen molar-refractivity contribution in [3.8, 4) is 0 Å². The highest BCUT2D eigenvalue weighted by Gasteiger charge is 2.31. The summed E-state index contributed by atoms with van der Waals surface area (Å²) >= 11 is 5.82. The molecule has 8 nitrogen and oxygen atoms in total. The van der Waals surface area contributed by atoms with Gasteiger partial charge < -0.3 is 4.90 Å². The van der Waals surface area contributed by atoms with Crippen molar-refractivity contribution < 1.29 is 21.6 Å². The molecule has 0 radical (unpaired) electrons. The number of aryl methyl sites for hydroxylation is 1. The van der Waals surface area contributed by atoms with Gasteiger partial charge in [-0.05, 0) is 43.3 Å². The minimum atomic E-state index is -3.79. The van der Waals surface area contributed by atoms with Gasteiger partial charge in [0.25, 0.3) is 0 Å². The highest BCUT2D eigenvalue weighted by Crippen LogP contribution is 2.20. The van der Waals surface area contributed by atoms with Crippen molar-refractivity contribution in [3.05, 3.63) is 59.1 Å². The number of hydrogen-bond acceptors (Lipinski definition) is 5. The highest BCUT2D eigenvalue weighted by molar-refractivity contribution is 7.89. The van der Waals surface area contributed by atoms with Crippen molar-refractivity contribution in [1.82, 2.24) is 13.5 Å². The monoisotopic (exact) mass is 485 g/mol. The van der Waals surface area contributed by atoms with Crippen molar-refractivity contribution >= 4 is 37.6 Å². The van der Waals surface area contributed by atoms with E-state index >= 15 is 0 Å². The lowest BCUT2D eigenvalue weighted by molar-refractivity contribution is -0.132. The molecular formula is C20H24ClN3O5S2. The lowest BCUT2D eigenvalue weighted by Gasteiger charge is -2.34. The lowest BCUT2D eigenvalue weighted by atomic mass is 10.2. The molecule has 0 saturated carbocycles. The second-order valence-corrected chi connectivity index (χ2v) is 11.7. The third kappa shape index (κ3) is 5.27. The Morgan fingerprint density at radius 2 is 1.42 bits per heavy atom. The predicted molar refractivity (Wildman–Crippen MR) is 118 cm³/mol. The molecule has 0 atom stereocenters. The molecule has 1 aliphatic rings. The molecule has 11 heteroatoms. The minimum Gasteiger partial charge on any atom is -0.339 e. The van der Waals surface area contributed by atoms with Crippen LogP contribution in [0.5, 0.6) is 0 Å². The van der Waals surface area contributed by atoms with Gasteiger partial charge in [0.15, 0.2) is 0 Å². The maximum atomic E-state index is 12.8. The summed E-state index contributed by atoms with van der Waals surface area (Å²) in [7, 11) is -6.12. The molecule has 31 heavy (non-hydrogen) atoms. The average Bonchev–Trinajstić information content (AvgIpc) is 2.74. The normalized spacial score (nSPS) is 15.9. The Kier molecular flexibility index (Phi) is 7.07. The number of piperazine rings is 1. The molecule has 0 aliphatic carbocycles. The molecule has 0 unspecified atom stereocenters. The van der Waals surface area contributed by atoms with E-state index in [-0.39, 0.29) is 48.4 Å². The standard InChI is InChI=1S/C20H24ClN3O5S2/c1-16-3-7-18(8-4-16)30(26,27)22(2)15-20(25)23-11-13-24(14-12-23)31(28,29)19-9-5-17(21)6-10-19/h3-10H,11-15H2,1-2H3. The zero-order chi connectivity index (χ0) is 22.8. The topological polar surface area (TPSA) is 95.1 Å². The number of rotatable bonds is 6. The summed E-state index contributed by atoms with van der Waals surface area (Å²) in [5.74, 6) is -0.373. The van der Waals surface area contributed by atoms with Gasteiger partial charge >= 0.3 is 0 Å². The largest absolute Gasteiger partial charge is 0.339 e. The molecule has 0 N–H and O–H groups in total. The van der Waals surface area contributed by atoms with Gasteiger partial charge in [0, 0.05) is 38.2 Å². The lowest BCUT2D eigenvalue weighted by Crippen LogP contribution is -2.52. The van der Waals surface area contributed by atoms with Crippen molar-refractivity contribution in [2.75, 3.05) is 39.8 Å². The fourth-order valence-electron chi connectivity index (χ4n) is 3.20. The molecule has 168 valence electrons. The first-order valence-electron chi connectivity index (χ1n) is 9.58. The number of carbonyl (C=O) groups excluding carboxylic acids is 1. The third-order valence-electron chi connectivity index (χ3n) is 5.13. The van der Waals surface area contributed by atoms with E-state index in [4.69, 9.17) is 11.6 Å². The number of nitrogens with zero attached hydrogens (tertiary/aromatic N) is 3. The number of sulfonamides is 2. The molecule has 2 aromatic carbocycles. The number of amides is 1. The van der Waals surface area contributed by atoms with E-state index in [1.54, 1.807) is 12.1 Å². The summed E-state index contributed by atoms with van der Waals surface area (Å²) in [5.41, 5.74) is 0.934. The van der Waals surface area contributed by atoms with E-state index in [9.17, 15) is 21.6 Å². The molecule has 0 bridgehead atoms. The Balaban J connectivity index is 1.61. The van der Waals surface area contributed by atoms with Crippen LogP contribution in [0, 0.1) is 6.92 Å². The van der Waals surface area contributed by atoms with Crippen molar-refractivity contribution in [3.63, 3.8) is 0 Å². The summed E-state index contributed by atoms with van der Waals surface area (Å²) in [4.78, 5) is 14.4.